The quantitative estimate of drug-likeness (QED) is 0.641. The minimum atomic E-state index is -0.990. The maximum absolute atomic E-state index is 11.6. The molecule has 26 heavy (non-hydrogen) atoms. The van der Waals surface area contributed by atoms with Crippen LogP contribution < -0.4 is 4.74 Å². The lowest BCUT2D eigenvalue weighted by molar-refractivity contribution is -0.151. The molecular weight excluding hydrogens is 328 g/mol. The molecule has 0 saturated carbocycles. The Morgan fingerprint density at radius 1 is 0.846 bits per heavy atom. The molecule has 132 valence electrons. The third kappa shape index (κ3) is 4.94. The summed E-state index contributed by atoms with van der Waals surface area (Å²) in [6.45, 7) is 0.250. The highest BCUT2D eigenvalue weighted by atomic mass is 16.5. The van der Waals surface area contributed by atoms with Crippen molar-refractivity contribution in [3.05, 3.63) is 96.1 Å². The lowest BCUT2D eigenvalue weighted by Crippen LogP contribution is -2.26. The van der Waals surface area contributed by atoms with Crippen LogP contribution in [0, 0.1) is 0 Å². The van der Waals surface area contributed by atoms with Crippen LogP contribution in [0.4, 0.5) is 0 Å². The molecule has 4 heteroatoms. The van der Waals surface area contributed by atoms with E-state index in [2.05, 4.69) is 0 Å². The van der Waals surface area contributed by atoms with E-state index in [0.717, 1.165) is 11.1 Å². The van der Waals surface area contributed by atoms with Crippen LogP contribution in [-0.4, -0.2) is 17.2 Å². The lowest BCUT2D eigenvalue weighted by Gasteiger charge is -2.16. The number of para-hydroxylation sites is 2. The Labute approximate surface area is 152 Å². The number of hydrogen-bond acceptors (Lipinski definition) is 3. The Bertz CT molecular complexity index is 831. The van der Waals surface area contributed by atoms with Crippen molar-refractivity contribution in [1.29, 1.82) is 0 Å². The van der Waals surface area contributed by atoms with Crippen LogP contribution in [-0.2, 0) is 22.6 Å². The predicted octanol–water partition coefficient (Wildman–Crippen LogP) is 4.69. The molecule has 4 nitrogen and oxygen atoms in total. The van der Waals surface area contributed by atoms with Gasteiger partial charge >= 0.3 is 5.97 Å². The standard InChI is InChI=1S/C22H20O4/c23-22(24)21(25-16-17-9-3-1-4-10-17)15-18-11-7-8-14-20(18)26-19-12-5-2-6-13-19/h1-14,21H,15-16H2,(H,23,24)/t21-/m0/s1. The van der Waals surface area contributed by atoms with Crippen LogP contribution in [0.5, 0.6) is 11.5 Å². The molecule has 0 fully saturated rings. The van der Waals surface area contributed by atoms with Gasteiger partial charge in [-0.15, -0.1) is 0 Å². The maximum Gasteiger partial charge on any atom is 0.333 e. The van der Waals surface area contributed by atoms with Gasteiger partial charge in [-0.05, 0) is 29.3 Å². The summed E-state index contributed by atoms with van der Waals surface area (Å²) >= 11 is 0. The molecule has 0 bridgehead atoms. The van der Waals surface area contributed by atoms with Gasteiger partial charge in [-0.1, -0.05) is 66.7 Å². The summed E-state index contributed by atoms with van der Waals surface area (Å²) in [5.41, 5.74) is 1.73. The fraction of sp³-hybridized carbons (Fsp3) is 0.136. The number of aliphatic carboxylic acids is 1. The lowest BCUT2D eigenvalue weighted by atomic mass is 10.1. The highest BCUT2D eigenvalue weighted by Gasteiger charge is 2.21. The summed E-state index contributed by atoms with van der Waals surface area (Å²) in [4.78, 5) is 11.6. The van der Waals surface area contributed by atoms with Gasteiger partial charge in [0.15, 0.2) is 6.10 Å². The molecule has 1 atom stereocenters. The zero-order valence-electron chi connectivity index (χ0n) is 14.2. The number of ether oxygens (including phenoxy) is 2. The van der Waals surface area contributed by atoms with E-state index in [1.165, 1.54) is 0 Å². The van der Waals surface area contributed by atoms with Crippen molar-refractivity contribution in [2.75, 3.05) is 0 Å². The average Bonchev–Trinajstić information content (AvgIpc) is 2.68. The largest absolute Gasteiger partial charge is 0.479 e. The Balaban J connectivity index is 1.72. The van der Waals surface area contributed by atoms with Crippen molar-refractivity contribution in [3.63, 3.8) is 0 Å². The second kappa shape index (κ2) is 8.83. The van der Waals surface area contributed by atoms with E-state index >= 15 is 0 Å². The fourth-order valence-corrected chi connectivity index (χ4v) is 2.58. The average molecular weight is 348 g/mol. The van der Waals surface area contributed by atoms with E-state index in [0.29, 0.717) is 11.5 Å². The Kier molecular flexibility index (Phi) is 6.01. The first kappa shape index (κ1) is 17.7. The number of benzene rings is 3. The molecule has 3 rings (SSSR count). The third-order valence-corrected chi connectivity index (χ3v) is 3.92. The molecule has 0 aliphatic heterocycles. The van der Waals surface area contributed by atoms with Gasteiger partial charge in [-0.3, -0.25) is 0 Å². The SMILES string of the molecule is O=C(O)[C@H](Cc1ccccc1Oc1ccccc1)OCc1ccccc1. The number of carboxylic acids is 1. The molecule has 0 radical (unpaired) electrons. The smallest absolute Gasteiger partial charge is 0.333 e. The van der Waals surface area contributed by atoms with Gasteiger partial charge in [0, 0.05) is 6.42 Å². The topological polar surface area (TPSA) is 55.8 Å². The molecule has 0 spiro atoms. The summed E-state index contributed by atoms with van der Waals surface area (Å²) in [5.74, 6) is 0.348. The molecule has 3 aromatic carbocycles. The predicted molar refractivity (Wildman–Crippen MR) is 99.3 cm³/mol. The van der Waals surface area contributed by atoms with Gasteiger partial charge < -0.3 is 14.6 Å². The molecular formula is C22H20O4. The fourth-order valence-electron chi connectivity index (χ4n) is 2.58. The summed E-state index contributed by atoms with van der Waals surface area (Å²) in [5, 5.41) is 9.53. The molecule has 0 aromatic heterocycles. The van der Waals surface area contributed by atoms with E-state index in [9.17, 15) is 9.90 Å². The third-order valence-electron chi connectivity index (χ3n) is 3.92. The molecule has 1 N–H and O–H groups in total. The van der Waals surface area contributed by atoms with Crippen LogP contribution in [0.25, 0.3) is 0 Å². The van der Waals surface area contributed by atoms with E-state index in [1.54, 1.807) is 0 Å². The Morgan fingerprint density at radius 2 is 1.46 bits per heavy atom. The monoisotopic (exact) mass is 348 g/mol. The van der Waals surface area contributed by atoms with Gasteiger partial charge in [-0.25, -0.2) is 4.79 Å². The van der Waals surface area contributed by atoms with E-state index in [1.807, 2.05) is 84.9 Å². The van der Waals surface area contributed by atoms with Crippen LogP contribution in [0.3, 0.4) is 0 Å². The van der Waals surface area contributed by atoms with Crippen LogP contribution in [0.1, 0.15) is 11.1 Å². The van der Waals surface area contributed by atoms with Crippen molar-refractivity contribution >= 4 is 5.97 Å². The Hall–Kier alpha value is -3.11. The Morgan fingerprint density at radius 3 is 2.15 bits per heavy atom. The van der Waals surface area contributed by atoms with Crippen LogP contribution >= 0.6 is 0 Å². The molecule has 0 amide bonds. The molecule has 0 saturated heterocycles. The zero-order valence-corrected chi connectivity index (χ0v) is 14.2. The maximum atomic E-state index is 11.6. The van der Waals surface area contributed by atoms with Crippen molar-refractivity contribution in [1.82, 2.24) is 0 Å². The number of carbonyl (C=O) groups is 1. The van der Waals surface area contributed by atoms with Gasteiger partial charge in [0.1, 0.15) is 11.5 Å². The molecule has 0 aliphatic rings. The van der Waals surface area contributed by atoms with Gasteiger partial charge in [0.05, 0.1) is 6.61 Å². The first-order chi connectivity index (χ1) is 12.7. The van der Waals surface area contributed by atoms with Gasteiger partial charge in [-0.2, -0.15) is 0 Å². The minimum Gasteiger partial charge on any atom is -0.479 e. The van der Waals surface area contributed by atoms with Crippen molar-refractivity contribution < 1.29 is 19.4 Å². The molecule has 0 unspecified atom stereocenters. The van der Waals surface area contributed by atoms with Gasteiger partial charge in [0.25, 0.3) is 0 Å². The normalized spacial score (nSPS) is 11.7. The minimum absolute atomic E-state index is 0.227. The summed E-state index contributed by atoms with van der Waals surface area (Å²) in [6, 6.07) is 26.4. The van der Waals surface area contributed by atoms with E-state index in [-0.39, 0.29) is 13.0 Å². The first-order valence-electron chi connectivity index (χ1n) is 8.41. The van der Waals surface area contributed by atoms with E-state index < -0.39 is 12.1 Å². The van der Waals surface area contributed by atoms with Crippen LogP contribution in [0.15, 0.2) is 84.9 Å². The zero-order chi connectivity index (χ0) is 18.2. The molecule has 3 aromatic rings. The first-order valence-corrected chi connectivity index (χ1v) is 8.41. The van der Waals surface area contributed by atoms with E-state index in [4.69, 9.17) is 9.47 Å². The number of carboxylic acid groups (broad SMARTS) is 1. The molecule has 0 aliphatic carbocycles. The van der Waals surface area contributed by atoms with Crippen molar-refractivity contribution in [2.24, 2.45) is 0 Å². The molecule has 0 heterocycles. The number of rotatable bonds is 8. The number of hydrogen-bond donors (Lipinski definition) is 1. The summed E-state index contributed by atoms with van der Waals surface area (Å²) in [7, 11) is 0. The van der Waals surface area contributed by atoms with Crippen LogP contribution in [0.2, 0.25) is 0 Å². The van der Waals surface area contributed by atoms with Crippen molar-refractivity contribution in [3.8, 4) is 11.5 Å². The highest BCUT2D eigenvalue weighted by molar-refractivity contribution is 5.73. The summed E-state index contributed by atoms with van der Waals surface area (Å²) < 4.78 is 11.5. The summed E-state index contributed by atoms with van der Waals surface area (Å²) in [6.07, 6.45) is -0.721. The second-order valence-corrected chi connectivity index (χ2v) is 5.85. The van der Waals surface area contributed by atoms with Gasteiger partial charge in [0.2, 0.25) is 0 Å². The van der Waals surface area contributed by atoms with Crippen molar-refractivity contribution in [2.45, 2.75) is 19.1 Å². The highest BCUT2D eigenvalue weighted by Crippen LogP contribution is 2.26. The second-order valence-electron chi connectivity index (χ2n) is 5.85.